The summed E-state index contributed by atoms with van der Waals surface area (Å²) in [5.41, 5.74) is -1.88. The Morgan fingerprint density at radius 3 is 1.14 bits per heavy atom. The fourth-order valence-electron chi connectivity index (χ4n) is 0.706. The van der Waals surface area contributed by atoms with Crippen molar-refractivity contribution >= 4 is 15.6 Å². The molecule has 21 heavy (non-hydrogen) atoms. The fourth-order valence-corrected chi connectivity index (χ4v) is 1.57. The summed E-state index contributed by atoms with van der Waals surface area (Å²) >= 11 is 0. The predicted octanol–water partition coefficient (Wildman–Crippen LogP) is -16.3. The van der Waals surface area contributed by atoms with Crippen LogP contribution in [0.4, 0.5) is 0 Å². The molecule has 2 N–H and O–H groups in total. The normalized spacial score (nSPS) is 11.3. The molecule has 0 radical (unpaired) electrons. The molecule has 0 fully saturated rings. The molecule has 0 aliphatic heterocycles. The molecule has 16 heteroatoms. The first-order valence-corrected chi connectivity index (χ1v) is 7.01. The minimum Gasteiger partial charge on any atom is -0.790 e. The molecule has 0 aromatic rings. The number of rotatable bonds is 8. The van der Waals surface area contributed by atoms with Crippen molar-refractivity contribution in [1.82, 2.24) is 0 Å². The Kier molecular flexibility index (Phi) is 28.1. The van der Waals surface area contributed by atoms with E-state index in [1.807, 2.05) is 0 Å². The second kappa shape index (κ2) is 16.3. The average Bonchev–Trinajstić information content (AvgIpc) is 2.16. The first kappa shape index (κ1) is 36.1. The van der Waals surface area contributed by atoms with Gasteiger partial charge in [-0.25, -0.2) is 0 Å². The maximum Gasteiger partial charge on any atom is 1.00 e. The third-order valence-corrected chi connectivity index (χ3v) is 2.62. The zero-order valence-corrected chi connectivity index (χ0v) is 22.2. The Bertz CT molecular complexity index is 299. The van der Waals surface area contributed by atoms with E-state index in [-0.39, 0.29) is 118 Å². The summed E-state index contributed by atoms with van der Waals surface area (Å²) in [4.78, 5) is 40.7. The van der Waals surface area contributed by atoms with Crippen LogP contribution in [0.1, 0.15) is 0 Å². The largest absolute Gasteiger partial charge is 1.00 e. The van der Waals surface area contributed by atoms with Crippen LogP contribution in [0.5, 0.6) is 0 Å². The molecule has 0 aliphatic rings. The van der Waals surface area contributed by atoms with Crippen molar-refractivity contribution in [2.24, 2.45) is 5.41 Å². The summed E-state index contributed by atoms with van der Waals surface area (Å²) in [6.45, 7) is -3.93. The van der Waals surface area contributed by atoms with Gasteiger partial charge in [-0.2, -0.15) is 0 Å². The van der Waals surface area contributed by atoms with Gasteiger partial charge >= 0.3 is 118 Å². The van der Waals surface area contributed by atoms with Gasteiger partial charge in [-0.05, 0) is 0 Å². The van der Waals surface area contributed by atoms with E-state index in [1.165, 1.54) is 0 Å². The maximum atomic E-state index is 10.2. The Morgan fingerprint density at radius 2 is 1.00 bits per heavy atom. The van der Waals surface area contributed by atoms with Crippen molar-refractivity contribution in [3.8, 4) is 0 Å². The molecule has 0 unspecified atom stereocenters. The standard InChI is InChI=1S/C5H14O10P2.4Na/c6-1-5(2-7,3-14-16(8,9)10)4-15-17(11,12)13;;;;/h6-7H,1-4H2,(H2,8,9,10)(H2,11,12,13);;;;/q;4*+1/p-4. The molecule has 0 rings (SSSR count). The fraction of sp³-hybridized carbons (Fsp3) is 1.00. The molecule has 0 atom stereocenters. The van der Waals surface area contributed by atoms with Gasteiger partial charge in [0.1, 0.15) is 0 Å². The van der Waals surface area contributed by atoms with Crippen molar-refractivity contribution in [2.45, 2.75) is 0 Å². The van der Waals surface area contributed by atoms with Gasteiger partial charge in [-0.15, -0.1) is 0 Å². The second-order valence-corrected chi connectivity index (χ2v) is 5.56. The molecule has 0 aliphatic carbocycles. The van der Waals surface area contributed by atoms with Gasteiger partial charge in [0.25, 0.3) is 0 Å². The van der Waals surface area contributed by atoms with E-state index in [9.17, 15) is 28.7 Å². The SMILES string of the molecule is O=P([O-])([O-])OCC(CO)(CO)COP(=O)([O-])[O-].[Na+].[Na+].[Na+].[Na+]. The molecule has 0 saturated carbocycles. The first-order chi connectivity index (χ1) is 7.54. The summed E-state index contributed by atoms with van der Waals surface area (Å²) in [6.07, 6.45) is 0. The van der Waals surface area contributed by atoms with E-state index in [2.05, 4.69) is 9.05 Å². The molecule has 0 heterocycles. The smallest absolute Gasteiger partial charge is 0.790 e. The van der Waals surface area contributed by atoms with E-state index in [0.29, 0.717) is 0 Å². The summed E-state index contributed by atoms with van der Waals surface area (Å²) in [6, 6.07) is 0. The summed E-state index contributed by atoms with van der Waals surface area (Å²) in [7, 11) is -10.7. The van der Waals surface area contributed by atoms with Gasteiger partial charge in [-0.3, -0.25) is 0 Å². The Balaban J connectivity index is -0.000000213. The van der Waals surface area contributed by atoms with Crippen LogP contribution in [-0.2, 0) is 18.2 Å². The van der Waals surface area contributed by atoms with Crippen molar-refractivity contribution in [3.63, 3.8) is 0 Å². The summed E-state index contributed by atoms with van der Waals surface area (Å²) < 4.78 is 27.9. The van der Waals surface area contributed by atoms with Crippen LogP contribution in [0.25, 0.3) is 0 Å². The van der Waals surface area contributed by atoms with E-state index in [1.54, 1.807) is 0 Å². The third-order valence-electron chi connectivity index (χ3n) is 1.73. The van der Waals surface area contributed by atoms with Crippen molar-refractivity contribution in [2.75, 3.05) is 26.4 Å². The molecule has 10 nitrogen and oxygen atoms in total. The van der Waals surface area contributed by atoms with Gasteiger partial charge in [0.15, 0.2) is 0 Å². The minimum atomic E-state index is -5.36. The molecule has 104 valence electrons. The number of phosphoric ester groups is 2. The molecule has 0 aromatic carbocycles. The quantitative estimate of drug-likeness (QED) is 0.301. The van der Waals surface area contributed by atoms with E-state index < -0.39 is 47.5 Å². The van der Waals surface area contributed by atoms with Gasteiger partial charge in [-0.1, -0.05) is 0 Å². The molecule has 0 saturated heterocycles. The van der Waals surface area contributed by atoms with E-state index in [4.69, 9.17) is 10.2 Å². The number of aliphatic hydroxyl groups is 2. The zero-order valence-electron chi connectivity index (χ0n) is 12.4. The van der Waals surface area contributed by atoms with Gasteiger partial charge in [0, 0.05) is 0 Å². The van der Waals surface area contributed by atoms with Crippen LogP contribution >= 0.6 is 15.6 Å². The van der Waals surface area contributed by atoms with Gasteiger partial charge in [0.05, 0.1) is 47.5 Å². The Hall–Kier alpha value is 4.14. The topological polar surface area (TPSA) is 185 Å². The number of hydrogen-bond donors (Lipinski definition) is 2. The van der Waals surface area contributed by atoms with Crippen molar-refractivity contribution in [1.29, 1.82) is 0 Å². The predicted molar refractivity (Wildman–Crippen MR) is 43.7 cm³/mol. The van der Waals surface area contributed by atoms with Crippen LogP contribution in [0.3, 0.4) is 0 Å². The van der Waals surface area contributed by atoms with Gasteiger partial charge < -0.3 is 48.0 Å². The molecular formula is C5H10Na4O10P2. The molecule has 0 aromatic heterocycles. The summed E-state index contributed by atoms with van der Waals surface area (Å²) in [5, 5.41) is 17.7. The molecule has 0 amide bonds. The van der Waals surface area contributed by atoms with Crippen LogP contribution < -0.4 is 138 Å². The van der Waals surface area contributed by atoms with E-state index in [0.717, 1.165) is 0 Å². The van der Waals surface area contributed by atoms with Gasteiger partial charge in [0.2, 0.25) is 0 Å². The maximum absolute atomic E-state index is 10.2. The second-order valence-electron chi connectivity index (χ2n) is 3.26. The van der Waals surface area contributed by atoms with Crippen LogP contribution in [0, 0.1) is 5.41 Å². The molecular weight excluding hydrogens is 374 g/mol. The Labute approximate surface area is 210 Å². The number of aliphatic hydroxyl groups excluding tert-OH is 2. The van der Waals surface area contributed by atoms with Crippen LogP contribution in [0.15, 0.2) is 0 Å². The minimum absolute atomic E-state index is 0. The van der Waals surface area contributed by atoms with Crippen LogP contribution in [0.2, 0.25) is 0 Å². The average molecular weight is 384 g/mol. The zero-order chi connectivity index (χ0) is 13.7. The molecule has 0 spiro atoms. The molecule has 0 bridgehead atoms. The van der Waals surface area contributed by atoms with Crippen molar-refractivity contribution in [3.05, 3.63) is 0 Å². The van der Waals surface area contributed by atoms with E-state index >= 15 is 0 Å². The summed E-state index contributed by atoms with van der Waals surface area (Å²) in [5.74, 6) is 0. The van der Waals surface area contributed by atoms with Crippen molar-refractivity contribution < 1.29 is 166 Å². The first-order valence-electron chi connectivity index (χ1n) is 4.08. The van der Waals surface area contributed by atoms with Crippen LogP contribution in [-0.4, -0.2) is 36.6 Å². The Morgan fingerprint density at radius 1 is 0.762 bits per heavy atom. The number of phosphoric acid groups is 2. The number of hydrogen-bond acceptors (Lipinski definition) is 10. The monoisotopic (exact) mass is 384 g/mol. The third kappa shape index (κ3) is 20.3.